The summed E-state index contributed by atoms with van der Waals surface area (Å²) < 4.78 is 47.3. The number of rotatable bonds is 6. The maximum absolute atomic E-state index is 14.6. The Morgan fingerprint density at radius 1 is 1.12 bits per heavy atom. The van der Waals surface area contributed by atoms with Crippen LogP contribution in [0, 0.1) is 5.82 Å². The fourth-order valence-corrected chi connectivity index (χ4v) is 2.96. The number of carbonyl (C=O) groups is 2. The molecule has 0 saturated heterocycles. The van der Waals surface area contributed by atoms with Gasteiger partial charge in [-0.05, 0) is 51.4 Å². The summed E-state index contributed by atoms with van der Waals surface area (Å²) in [4.78, 5) is 54.4. The summed E-state index contributed by atoms with van der Waals surface area (Å²) in [5.41, 5.74) is -6.62. The molecule has 1 aromatic carbocycles. The van der Waals surface area contributed by atoms with Crippen molar-refractivity contribution in [1.82, 2.24) is 9.13 Å². The lowest BCUT2D eigenvalue weighted by Crippen LogP contribution is -2.41. The summed E-state index contributed by atoms with van der Waals surface area (Å²) >= 11 is 10.8. The van der Waals surface area contributed by atoms with Crippen LogP contribution in [0.2, 0.25) is 5.02 Å². The molecule has 2 aromatic rings. The number of oxime groups is 1. The molecule has 1 heterocycles. The van der Waals surface area contributed by atoms with E-state index in [1.807, 2.05) is 0 Å². The quantitative estimate of drug-likeness (QED) is 0.188. The Bertz CT molecular complexity index is 1310. The summed E-state index contributed by atoms with van der Waals surface area (Å²) in [6, 6.07) is 1.66. The Kier molecular flexibility index (Phi) is 7.68. The first-order chi connectivity index (χ1) is 15.5. The van der Waals surface area contributed by atoms with Gasteiger partial charge in [-0.3, -0.25) is 9.36 Å². The van der Waals surface area contributed by atoms with E-state index in [2.05, 4.69) is 9.99 Å². The van der Waals surface area contributed by atoms with Gasteiger partial charge in [-0.25, -0.2) is 23.3 Å². The van der Waals surface area contributed by atoms with Crippen LogP contribution in [0.25, 0.3) is 5.69 Å². The highest BCUT2D eigenvalue weighted by Crippen LogP contribution is 2.30. The van der Waals surface area contributed by atoms with Crippen molar-refractivity contribution < 1.29 is 32.3 Å². The zero-order valence-electron chi connectivity index (χ0n) is 18.4. The van der Waals surface area contributed by atoms with Gasteiger partial charge in [0.1, 0.15) is 11.5 Å². The van der Waals surface area contributed by atoms with Crippen molar-refractivity contribution in [1.29, 1.82) is 0 Å². The minimum absolute atomic E-state index is 0.201. The predicted molar refractivity (Wildman–Crippen MR) is 116 cm³/mol. The van der Waals surface area contributed by atoms with Gasteiger partial charge in [-0.2, -0.15) is 8.78 Å². The van der Waals surface area contributed by atoms with Crippen LogP contribution in [-0.4, -0.2) is 32.4 Å². The van der Waals surface area contributed by atoms with Crippen LogP contribution >= 0.6 is 23.2 Å². The zero-order valence-corrected chi connectivity index (χ0v) is 19.9. The minimum Gasteiger partial charge on any atom is -0.444 e. The third kappa shape index (κ3) is 5.68. The Morgan fingerprint density at radius 2 is 1.71 bits per heavy atom. The number of hydrogen-bond donors (Lipinski definition) is 0. The topological polar surface area (TPSA) is 109 Å². The molecule has 0 N–H and O–H groups in total. The molecule has 0 aliphatic rings. The van der Waals surface area contributed by atoms with Crippen LogP contribution in [-0.2, 0) is 26.8 Å². The number of halogens is 5. The second kappa shape index (κ2) is 9.63. The molecule has 0 radical (unpaired) electrons. The van der Waals surface area contributed by atoms with Gasteiger partial charge in [0.05, 0.1) is 22.0 Å². The molecule has 1 aromatic heterocycles. The van der Waals surface area contributed by atoms with Crippen LogP contribution in [0.4, 0.5) is 13.2 Å². The van der Waals surface area contributed by atoms with Gasteiger partial charge in [0.15, 0.2) is 0 Å². The lowest BCUT2D eigenvalue weighted by Gasteiger charge is -2.22. The SMILES string of the molecule is CC(C)=NOC(=O)C(C)(C)OC(=O)c1cc(-n2c(=O)cc(C(F)(F)Cl)n(C)c2=O)c(F)cc1Cl. The molecule has 9 nitrogen and oxygen atoms in total. The van der Waals surface area contributed by atoms with Crippen LogP contribution in [0.15, 0.2) is 32.9 Å². The van der Waals surface area contributed by atoms with Crippen molar-refractivity contribution in [2.75, 3.05) is 0 Å². The molecular formula is C20H18Cl2F3N3O6. The standard InChI is InChI=1S/C20H18Cl2F3N3O6/c1-9(2)26-34-17(31)19(3,4)33-16(30)10-6-13(12(23)7-11(10)21)28-15(29)8-14(20(22,24)25)27(5)18(28)32/h6-8H,1-5H3. The molecule has 14 heteroatoms. The number of hydrogen-bond acceptors (Lipinski definition) is 7. The van der Waals surface area contributed by atoms with Gasteiger partial charge in [0.2, 0.25) is 5.60 Å². The third-order valence-electron chi connectivity index (χ3n) is 4.26. The molecule has 0 aliphatic heterocycles. The van der Waals surface area contributed by atoms with Crippen LogP contribution in [0.1, 0.15) is 43.7 Å². The van der Waals surface area contributed by atoms with Gasteiger partial charge in [0.25, 0.3) is 5.56 Å². The largest absolute Gasteiger partial charge is 0.444 e. The molecule has 2 rings (SSSR count). The van der Waals surface area contributed by atoms with E-state index >= 15 is 0 Å². The predicted octanol–water partition coefficient (Wildman–Crippen LogP) is 3.49. The number of nitrogens with zero attached hydrogens (tertiary/aromatic N) is 3. The van der Waals surface area contributed by atoms with Crippen LogP contribution < -0.4 is 11.2 Å². The number of alkyl halides is 3. The monoisotopic (exact) mass is 523 g/mol. The molecule has 184 valence electrons. The van der Waals surface area contributed by atoms with Gasteiger partial charge >= 0.3 is 23.0 Å². The number of benzene rings is 1. The smallest absolute Gasteiger partial charge is 0.377 e. The number of ether oxygens (including phenoxy) is 1. The lowest BCUT2D eigenvalue weighted by molar-refractivity contribution is -0.162. The van der Waals surface area contributed by atoms with Crippen LogP contribution in [0.3, 0.4) is 0 Å². The highest BCUT2D eigenvalue weighted by atomic mass is 35.5. The summed E-state index contributed by atoms with van der Waals surface area (Å²) in [6.07, 6.45) is 0. The highest BCUT2D eigenvalue weighted by Gasteiger charge is 2.36. The zero-order chi connectivity index (χ0) is 26.2. The van der Waals surface area contributed by atoms with E-state index in [0.717, 1.165) is 7.05 Å². The normalized spacial score (nSPS) is 11.7. The fourth-order valence-electron chi connectivity index (χ4n) is 2.56. The van der Waals surface area contributed by atoms with Crippen molar-refractivity contribution in [3.63, 3.8) is 0 Å². The van der Waals surface area contributed by atoms with E-state index in [1.165, 1.54) is 13.8 Å². The third-order valence-corrected chi connectivity index (χ3v) is 4.76. The van der Waals surface area contributed by atoms with Crippen LogP contribution in [0.5, 0.6) is 0 Å². The second-order valence-corrected chi connectivity index (χ2v) is 8.53. The molecule has 0 bridgehead atoms. The average Bonchev–Trinajstić information content (AvgIpc) is 2.68. The van der Waals surface area contributed by atoms with Crippen molar-refractivity contribution in [3.05, 3.63) is 61.1 Å². The number of esters is 1. The Balaban J connectivity index is 2.57. The van der Waals surface area contributed by atoms with Crippen molar-refractivity contribution >= 4 is 40.9 Å². The Morgan fingerprint density at radius 3 is 2.24 bits per heavy atom. The Labute approximate surface area is 200 Å². The number of carbonyl (C=O) groups excluding carboxylic acids is 2. The summed E-state index contributed by atoms with van der Waals surface area (Å²) in [5, 5.41) is -1.07. The molecule has 0 aliphatic carbocycles. The maximum Gasteiger partial charge on any atom is 0.377 e. The fraction of sp³-hybridized carbons (Fsp3) is 0.350. The van der Waals surface area contributed by atoms with Crippen molar-refractivity contribution in [2.24, 2.45) is 12.2 Å². The Hall–Kier alpha value is -3.12. The summed E-state index contributed by atoms with van der Waals surface area (Å²) in [6.45, 7) is 5.49. The second-order valence-electron chi connectivity index (χ2n) is 7.64. The first kappa shape index (κ1) is 27.1. The van der Waals surface area contributed by atoms with E-state index in [1.54, 1.807) is 13.8 Å². The summed E-state index contributed by atoms with van der Waals surface area (Å²) in [5.74, 6) is -3.50. The first-order valence-electron chi connectivity index (χ1n) is 9.33. The molecular weight excluding hydrogens is 506 g/mol. The number of aromatic nitrogens is 2. The minimum atomic E-state index is -4.06. The lowest BCUT2D eigenvalue weighted by atomic mass is 10.1. The van der Waals surface area contributed by atoms with E-state index in [-0.39, 0.29) is 4.57 Å². The van der Waals surface area contributed by atoms with Gasteiger partial charge < -0.3 is 9.57 Å². The van der Waals surface area contributed by atoms with Crippen molar-refractivity contribution in [3.8, 4) is 5.69 Å². The maximum atomic E-state index is 14.6. The molecule has 0 fully saturated rings. The molecule has 0 spiro atoms. The molecule has 0 unspecified atom stereocenters. The highest BCUT2D eigenvalue weighted by molar-refractivity contribution is 6.33. The molecule has 34 heavy (non-hydrogen) atoms. The van der Waals surface area contributed by atoms with Gasteiger partial charge in [-0.15, -0.1) is 0 Å². The summed E-state index contributed by atoms with van der Waals surface area (Å²) in [7, 11) is 0.890. The van der Waals surface area contributed by atoms with E-state index < -0.39 is 62.0 Å². The van der Waals surface area contributed by atoms with Crippen molar-refractivity contribution in [2.45, 2.75) is 38.7 Å². The van der Waals surface area contributed by atoms with E-state index in [4.69, 9.17) is 27.9 Å². The molecule has 0 amide bonds. The van der Waals surface area contributed by atoms with E-state index in [9.17, 15) is 32.3 Å². The average molecular weight is 524 g/mol. The molecule has 0 saturated carbocycles. The molecule has 0 atom stereocenters. The first-order valence-corrected chi connectivity index (χ1v) is 10.1. The van der Waals surface area contributed by atoms with Gasteiger partial charge in [-0.1, -0.05) is 16.8 Å². The van der Waals surface area contributed by atoms with Gasteiger partial charge in [0, 0.05) is 13.1 Å². The van der Waals surface area contributed by atoms with E-state index in [0.29, 0.717) is 28.5 Å².